The minimum absolute atomic E-state index is 0.0530. The highest BCUT2D eigenvalue weighted by molar-refractivity contribution is 6.00. The lowest BCUT2D eigenvalue weighted by atomic mass is 9.84. The Morgan fingerprint density at radius 2 is 2.04 bits per heavy atom. The Balaban J connectivity index is 1.67. The lowest BCUT2D eigenvalue weighted by Gasteiger charge is -2.37. The molecule has 0 aliphatic carbocycles. The van der Waals surface area contributed by atoms with Crippen LogP contribution < -0.4 is 10.1 Å². The SMILES string of the molecule is C[C@H](C(=O)NCCN(C)C)N1CC[C@@]2(CCC1=O)CC(=O)c1ccccc1O2. The molecule has 28 heavy (non-hydrogen) atoms. The predicted molar refractivity (Wildman–Crippen MR) is 105 cm³/mol. The van der Waals surface area contributed by atoms with Crippen LogP contribution in [0.3, 0.4) is 0 Å². The molecule has 2 aliphatic rings. The molecule has 0 bridgehead atoms. The highest BCUT2D eigenvalue weighted by atomic mass is 16.5. The van der Waals surface area contributed by atoms with Gasteiger partial charge in [0.1, 0.15) is 17.4 Å². The average molecular weight is 387 g/mol. The Labute approximate surface area is 166 Å². The normalized spacial score (nSPS) is 23.2. The van der Waals surface area contributed by atoms with Crippen molar-refractivity contribution >= 4 is 17.6 Å². The predicted octanol–water partition coefficient (Wildman–Crippen LogP) is 1.47. The summed E-state index contributed by atoms with van der Waals surface area (Å²) in [5.41, 5.74) is -0.0639. The van der Waals surface area contributed by atoms with E-state index in [0.29, 0.717) is 37.2 Å². The van der Waals surface area contributed by atoms with Crippen molar-refractivity contribution < 1.29 is 19.1 Å². The molecule has 1 fully saturated rings. The molecule has 1 aromatic carbocycles. The molecular formula is C21H29N3O4. The fourth-order valence-corrected chi connectivity index (χ4v) is 3.88. The maximum absolute atomic E-state index is 12.7. The number of amides is 2. The number of para-hydroxylation sites is 1. The summed E-state index contributed by atoms with van der Waals surface area (Å²) in [5.74, 6) is 0.422. The number of ketones is 1. The molecule has 1 N–H and O–H groups in total. The maximum atomic E-state index is 12.7. The average Bonchev–Trinajstić information content (AvgIpc) is 2.80. The lowest BCUT2D eigenvalue weighted by molar-refractivity contribution is -0.139. The number of nitrogens with one attached hydrogen (secondary N) is 1. The van der Waals surface area contributed by atoms with Crippen LogP contribution in [0.4, 0.5) is 0 Å². The Bertz CT molecular complexity index is 764. The van der Waals surface area contributed by atoms with Gasteiger partial charge in [0.05, 0.1) is 12.0 Å². The molecule has 1 saturated heterocycles. The summed E-state index contributed by atoms with van der Waals surface area (Å²) in [6.45, 7) is 3.43. The first-order valence-electron chi connectivity index (χ1n) is 9.84. The Hall–Kier alpha value is -2.41. The van der Waals surface area contributed by atoms with Crippen LogP contribution in [-0.4, -0.2) is 72.8 Å². The van der Waals surface area contributed by atoms with Gasteiger partial charge in [0.15, 0.2) is 5.78 Å². The molecule has 2 aliphatic heterocycles. The number of hydrogen-bond donors (Lipinski definition) is 1. The number of hydrogen-bond acceptors (Lipinski definition) is 5. The van der Waals surface area contributed by atoms with Crippen LogP contribution >= 0.6 is 0 Å². The molecule has 152 valence electrons. The van der Waals surface area contributed by atoms with Gasteiger partial charge in [-0.25, -0.2) is 0 Å². The first-order chi connectivity index (χ1) is 13.3. The standard InChI is InChI=1S/C21H29N3O4/c1-15(20(27)22-11-13-23(2)3)24-12-10-21(9-8-19(24)26)14-17(25)16-6-4-5-7-18(16)28-21/h4-7,15H,8-14H2,1-3H3,(H,22,27)/t15-,21+/m1/s1. The van der Waals surface area contributed by atoms with E-state index in [9.17, 15) is 14.4 Å². The topological polar surface area (TPSA) is 79.0 Å². The van der Waals surface area contributed by atoms with Crippen molar-refractivity contribution in [3.8, 4) is 5.75 Å². The number of nitrogens with zero attached hydrogens (tertiary/aromatic N) is 2. The molecule has 2 amide bonds. The second-order valence-corrected chi connectivity index (χ2v) is 7.99. The summed E-state index contributed by atoms with van der Waals surface area (Å²) in [6, 6.07) is 6.71. The largest absolute Gasteiger partial charge is 0.486 e. The van der Waals surface area contributed by atoms with E-state index in [1.165, 1.54) is 0 Å². The van der Waals surface area contributed by atoms with Gasteiger partial charge in [-0.05, 0) is 39.6 Å². The molecule has 2 atom stereocenters. The quantitative estimate of drug-likeness (QED) is 0.828. The zero-order valence-corrected chi connectivity index (χ0v) is 16.9. The van der Waals surface area contributed by atoms with Gasteiger partial charge in [-0.1, -0.05) is 12.1 Å². The molecule has 1 spiro atoms. The Kier molecular flexibility index (Phi) is 6.03. The molecule has 1 aromatic rings. The second kappa shape index (κ2) is 8.31. The number of likely N-dealkylation sites (tertiary alicyclic amines) is 1. The van der Waals surface area contributed by atoms with E-state index in [0.717, 1.165) is 6.54 Å². The van der Waals surface area contributed by atoms with Gasteiger partial charge in [-0.15, -0.1) is 0 Å². The van der Waals surface area contributed by atoms with Gasteiger partial charge in [0.2, 0.25) is 11.8 Å². The fourth-order valence-electron chi connectivity index (χ4n) is 3.88. The Morgan fingerprint density at radius 1 is 1.29 bits per heavy atom. The van der Waals surface area contributed by atoms with Gasteiger partial charge in [-0.3, -0.25) is 14.4 Å². The smallest absolute Gasteiger partial charge is 0.242 e. The molecule has 0 radical (unpaired) electrons. The van der Waals surface area contributed by atoms with E-state index in [2.05, 4.69) is 5.32 Å². The minimum Gasteiger partial charge on any atom is -0.486 e. The van der Waals surface area contributed by atoms with Crippen molar-refractivity contribution in [3.05, 3.63) is 29.8 Å². The first-order valence-corrected chi connectivity index (χ1v) is 9.84. The fraction of sp³-hybridized carbons (Fsp3) is 0.571. The summed E-state index contributed by atoms with van der Waals surface area (Å²) < 4.78 is 6.23. The zero-order chi connectivity index (χ0) is 20.3. The molecule has 3 rings (SSSR count). The number of fused-ring (bicyclic) bond motifs is 1. The third kappa shape index (κ3) is 4.35. The van der Waals surface area contributed by atoms with Gasteiger partial charge < -0.3 is 19.9 Å². The maximum Gasteiger partial charge on any atom is 0.242 e. The van der Waals surface area contributed by atoms with E-state index >= 15 is 0 Å². The van der Waals surface area contributed by atoms with Gasteiger partial charge in [0.25, 0.3) is 0 Å². The summed E-state index contributed by atoms with van der Waals surface area (Å²) >= 11 is 0. The molecule has 0 saturated carbocycles. The number of carbonyl (C=O) groups excluding carboxylic acids is 3. The lowest BCUT2D eigenvalue weighted by Crippen LogP contribution is -2.49. The number of rotatable bonds is 5. The van der Waals surface area contributed by atoms with Crippen LogP contribution in [0, 0.1) is 0 Å². The third-order valence-electron chi connectivity index (χ3n) is 5.63. The van der Waals surface area contributed by atoms with Gasteiger partial charge >= 0.3 is 0 Å². The number of likely N-dealkylation sites (N-methyl/N-ethyl adjacent to an activating group) is 1. The van der Waals surface area contributed by atoms with Crippen molar-refractivity contribution in [2.24, 2.45) is 0 Å². The van der Waals surface area contributed by atoms with Gasteiger partial charge in [0, 0.05) is 32.5 Å². The summed E-state index contributed by atoms with van der Waals surface area (Å²) in [7, 11) is 3.88. The van der Waals surface area contributed by atoms with Crippen LogP contribution in [0.2, 0.25) is 0 Å². The third-order valence-corrected chi connectivity index (χ3v) is 5.63. The van der Waals surface area contributed by atoms with Crippen molar-refractivity contribution in [3.63, 3.8) is 0 Å². The van der Waals surface area contributed by atoms with Crippen LogP contribution in [0.15, 0.2) is 24.3 Å². The van der Waals surface area contributed by atoms with Crippen molar-refractivity contribution in [1.29, 1.82) is 0 Å². The van der Waals surface area contributed by atoms with Crippen molar-refractivity contribution in [2.45, 2.75) is 44.2 Å². The van der Waals surface area contributed by atoms with E-state index in [4.69, 9.17) is 4.74 Å². The summed E-state index contributed by atoms with van der Waals surface area (Å²) in [4.78, 5) is 41.4. The molecule has 0 unspecified atom stereocenters. The highest BCUT2D eigenvalue weighted by Crippen LogP contribution is 2.39. The van der Waals surface area contributed by atoms with Crippen molar-refractivity contribution in [2.75, 3.05) is 33.7 Å². The number of carbonyl (C=O) groups is 3. The van der Waals surface area contributed by atoms with Crippen LogP contribution in [-0.2, 0) is 9.59 Å². The zero-order valence-electron chi connectivity index (χ0n) is 16.9. The molecule has 0 aromatic heterocycles. The van der Waals surface area contributed by atoms with Crippen LogP contribution in [0.1, 0.15) is 43.0 Å². The van der Waals surface area contributed by atoms with Gasteiger partial charge in [-0.2, -0.15) is 0 Å². The molecule has 7 heteroatoms. The van der Waals surface area contributed by atoms with Crippen molar-refractivity contribution in [1.82, 2.24) is 15.1 Å². The van der Waals surface area contributed by atoms with E-state index in [1.54, 1.807) is 24.0 Å². The molecule has 7 nitrogen and oxygen atoms in total. The first kappa shape index (κ1) is 20.3. The second-order valence-electron chi connectivity index (χ2n) is 7.99. The Morgan fingerprint density at radius 3 is 2.79 bits per heavy atom. The van der Waals surface area contributed by atoms with Crippen LogP contribution in [0.25, 0.3) is 0 Å². The summed E-state index contributed by atoms with van der Waals surface area (Å²) in [5, 5.41) is 2.88. The van der Waals surface area contributed by atoms with E-state index in [-0.39, 0.29) is 30.4 Å². The van der Waals surface area contributed by atoms with E-state index < -0.39 is 11.6 Å². The van der Waals surface area contributed by atoms with E-state index in [1.807, 2.05) is 31.1 Å². The van der Waals surface area contributed by atoms with Crippen LogP contribution in [0.5, 0.6) is 5.75 Å². The number of benzene rings is 1. The number of ether oxygens (including phenoxy) is 1. The monoisotopic (exact) mass is 387 g/mol. The minimum atomic E-state index is -0.670. The molecule has 2 heterocycles. The number of Topliss-reactive ketones (excluding diaryl/α,β-unsaturated/α-hetero) is 1. The molecular weight excluding hydrogens is 358 g/mol. The highest BCUT2D eigenvalue weighted by Gasteiger charge is 2.44. The summed E-state index contributed by atoms with van der Waals surface area (Å²) in [6.07, 6.45) is 1.56.